The van der Waals surface area contributed by atoms with Gasteiger partial charge < -0.3 is 18.9 Å². The van der Waals surface area contributed by atoms with Gasteiger partial charge in [-0.2, -0.15) is 0 Å². The molecule has 0 heterocycles. The molecule has 0 unspecified atom stereocenters. The van der Waals surface area contributed by atoms with Crippen LogP contribution in [0.3, 0.4) is 0 Å². The van der Waals surface area contributed by atoms with E-state index in [4.69, 9.17) is 14.2 Å². The maximum absolute atomic E-state index is 12.6. The van der Waals surface area contributed by atoms with Crippen LogP contribution in [-0.2, 0) is 24.3 Å². The van der Waals surface area contributed by atoms with Gasteiger partial charge in [-0.3, -0.25) is 4.79 Å². The number of hydrogen-bond donors (Lipinski definition) is 0. The highest BCUT2D eigenvalue weighted by Crippen LogP contribution is 2.29. The number of esters is 2. The molecule has 0 aliphatic carbocycles. The third-order valence-electron chi connectivity index (χ3n) is 4.65. The molecule has 33 heavy (non-hydrogen) atoms. The summed E-state index contributed by atoms with van der Waals surface area (Å²) in [4.78, 5) is 23.6. The van der Waals surface area contributed by atoms with Crippen molar-refractivity contribution < 1.29 is 37.0 Å². The van der Waals surface area contributed by atoms with Crippen LogP contribution in [0.25, 0.3) is 6.08 Å². The Kier molecular flexibility index (Phi) is 9.43. The maximum atomic E-state index is 12.6. The molecule has 0 radical (unpaired) electrons. The molecule has 2 aromatic carbocycles. The number of rotatable bonds is 11. The molecule has 2 aromatic rings. The van der Waals surface area contributed by atoms with Crippen molar-refractivity contribution in [2.75, 3.05) is 34.9 Å². The van der Waals surface area contributed by atoms with Gasteiger partial charge >= 0.3 is 11.9 Å². The highest BCUT2D eigenvalue weighted by atomic mass is 32.2. The van der Waals surface area contributed by atoms with Crippen molar-refractivity contribution in [1.82, 2.24) is 4.31 Å². The Morgan fingerprint density at radius 3 is 2.27 bits per heavy atom. The summed E-state index contributed by atoms with van der Waals surface area (Å²) in [6, 6.07) is 10.9. The summed E-state index contributed by atoms with van der Waals surface area (Å²) in [7, 11) is 1.98. The molecule has 2 rings (SSSR count). The van der Waals surface area contributed by atoms with Crippen molar-refractivity contribution in [2.24, 2.45) is 0 Å². The lowest BCUT2D eigenvalue weighted by Gasteiger charge is -2.17. The van der Waals surface area contributed by atoms with Gasteiger partial charge in [-0.1, -0.05) is 6.07 Å². The van der Waals surface area contributed by atoms with Crippen LogP contribution in [0, 0.1) is 0 Å². The second-order valence-corrected chi connectivity index (χ2v) is 8.89. The first-order valence-electron chi connectivity index (χ1n) is 9.96. The Balaban J connectivity index is 1.92. The van der Waals surface area contributed by atoms with Crippen molar-refractivity contribution >= 4 is 28.0 Å². The zero-order valence-electron chi connectivity index (χ0n) is 18.9. The number of sulfonamides is 1. The van der Waals surface area contributed by atoms with E-state index in [1.807, 2.05) is 0 Å². The average molecular weight is 478 g/mol. The molecular weight excluding hydrogens is 450 g/mol. The van der Waals surface area contributed by atoms with Crippen LogP contribution in [0.15, 0.2) is 53.4 Å². The van der Waals surface area contributed by atoms with E-state index in [-0.39, 0.29) is 30.0 Å². The smallest absolute Gasteiger partial charge is 0.330 e. The molecule has 0 aliphatic rings. The molecule has 0 bridgehead atoms. The quantitative estimate of drug-likeness (QED) is 0.276. The fourth-order valence-electron chi connectivity index (χ4n) is 2.77. The van der Waals surface area contributed by atoms with Crippen LogP contribution >= 0.6 is 0 Å². The number of methoxy groups -OCH3 is 3. The summed E-state index contributed by atoms with van der Waals surface area (Å²) in [6.45, 7) is 0.137. The first kappa shape index (κ1) is 25.9. The Morgan fingerprint density at radius 2 is 1.67 bits per heavy atom. The molecule has 0 aliphatic heterocycles. The number of hydrogen-bond acceptors (Lipinski definition) is 8. The summed E-state index contributed by atoms with van der Waals surface area (Å²) in [5, 5.41) is 0. The highest BCUT2D eigenvalue weighted by Gasteiger charge is 2.21. The number of nitrogens with zero attached hydrogens (tertiary/aromatic N) is 1. The highest BCUT2D eigenvalue weighted by molar-refractivity contribution is 7.89. The minimum absolute atomic E-state index is 0.00955. The van der Waals surface area contributed by atoms with Gasteiger partial charge in [-0.05, 0) is 54.5 Å². The number of carbonyl (C=O) groups is 2. The fourth-order valence-corrected chi connectivity index (χ4v) is 3.98. The van der Waals surface area contributed by atoms with Crippen molar-refractivity contribution in [1.29, 1.82) is 0 Å². The summed E-state index contributed by atoms with van der Waals surface area (Å²) in [5.74, 6) is 0.0682. The molecule has 0 N–H and O–H groups in total. The molecule has 0 atom stereocenters. The predicted molar refractivity (Wildman–Crippen MR) is 122 cm³/mol. The molecular formula is C23H27NO8S. The van der Waals surface area contributed by atoms with Gasteiger partial charge in [0.1, 0.15) is 5.75 Å². The third-order valence-corrected chi connectivity index (χ3v) is 6.52. The average Bonchev–Trinajstić information content (AvgIpc) is 2.82. The minimum atomic E-state index is -3.68. The molecule has 0 saturated heterocycles. The van der Waals surface area contributed by atoms with E-state index in [0.717, 1.165) is 0 Å². The van der Waals surface area contributed by atoms with Gasteiger partial charge in [0.2, 0.25) is 10.0 Å². The first-order valence-corrected chi connectivity index (χ1v) is 11.4. The SMILES string of the molecule is COC(=O)/C=C/c1ccc(OC(=O)CCCN(C)S(=O)(=O)c2ccc(OC)cc2)c(OC)c1. The van der Waals surface area contributed by atoms with E-state index in [0.29, 0.717) is 17.1 Å². The zero-order chi connectivity index (χ0) is 24.4. The summed E-state index contributed by atoms with van der Waals surface area (Å²) >= 11 is 0. The maximum Gasteiger partial charge on any atom is 0.330 e. The van der Waals surface area contributed by atoms with Crippen LogP contribution in [0.1, 0.15) is 18.4 Å². The summed E-state index contributed by atoms with van der Waals surface area (Å²) < 4.78 is 46.7. The van der Waals surface area contributed by atoms with Gasteiger partial charge in [0, 0.05) is 26.1 Å². The van der Waals surface area contributed by atoms with E-state index >= 15 is 0 Å². The lowest BCUT2D eigenvalue weighted by molar-refractivity contribution is -0.135. The van der Waals surface area contributed by atoms with Gasteiger partial charge in [0.05, 0.1) is 26.2 Å². The summed E-state index contributed by atoms with van der Waals surface area (Å²) in [5.41, 5.74) is 0.655. The van der Waals surface area contributed by atoms with Crippen LogP contribution in [0.4, 0.5) is 0 Å². The second-order valence-electron chi connectivity index (χ2n) is 6.85. The van der Waals surface area contributed by atoms with Crippen LogP contribution < -0.4 is 14.2 Å². The largest absolute Gasteiger partial charge is 0.497 e. The van der Waals surface area contributed by atoms with Crippen molar-refractivity contribution in [3.05, 3.63) is 54.1 Å². The molecule has 178 valence electrons. The molecule has 0 fully saturated rings. The lowest BCUT2D eigenvalue weighted by Crippen LogP contribution is -2.28. The summed E-state index contributed by atoms with van der Waals surface area (Å²) in [6.07, 6.45) is 3.08. The zero-order valence-corrected chi connectivity index (χ0v) is 19.8. The molecule has 0 saturated carbocycles. The number of benzene rings is 2. The van der Waals surface area contributed by atoms with E-state index < -0.39 is 22.0 Å². The molecule has 10 heteroatoms. The van der Waals surface area contributed by atoms with Crippen molar-refractivity contribution in [3.8, 4) is 17.2 Å². The lowest BCUT2D eigenvalue weighted by atomic mass is 10.2. The van der Waals surface area contributed by atoms with Gasteiger partial charge in [0.15, 0.2) is 11.5 Å². The molecule has 0 amide bonds. The van der Waals surface area contributed by atoms with E-state index in [1.54, 1.807) is 36.4 Å². The van der Waals surface area contributed by atoms with Gasteiger partial charge in [-0.15, -0.1) is 0 Å². The Labute approximate surface area is 193 Å². The van der Waals surface area contributed by atoms with E-state index in [2.05, 4.69) is 4.74 Å². The molecule has 0 aromatic heterocycles. The first-order chi connectivity index (χ1) is 15.7. The normalized spacial score (nSPS) is 11.4. The Bertz CT molecular complexity index is 1090. The van der Waals surface area contributed by atoms with Crippen LogP contribution in [-0.4, -0.2) is 59.6 Å². The fraction of sp³-hybridized carbons (Fsp3) is 0.304. The van der Waals surface area contributed by atoms with Crippen LogP contribution in [0.2, 0.25) is 0 Å². The predicted octanol–water partition coefficient (Wildman–Crippen LogP) is 2.90. The minimum Gasteiger partial charge on any atom is -0.497 e. The Morgan fingerprint density at radius 1 is 0.970 bits per heavy atom. The van der Waals surface area contributed by atoms with E-state index in [9.17, 15) is 18.0 Å². The monoisotopic (exact) mass is 477 g/mol. The van der Waals surface area contributed by atoms with Crippen molar-refractivity contribution in [2.45, 2.75) is 17.7 Å². The van der Waals surface area contributed by atoms with Crippen LogP contribution in [0.5, 0.6) is 17.2 Å². The standard InChI is InChI=1S/C23H27NO8S/c1-24(33(27,28)19-11-9-18(29-2)10-12-19)15-5-6-23(26)32-20-13-7-17(16-21(20)30-3)8-14-22(25)31-4/h7-14,16H,5-6,15H2,1-4H3/b14-8+. The Hall–Kier alpha value is -3.37. The number of carbonyl (C=O) groups excluding carboxylic acids is 2. The van der Waals surface area contributed by atoms with E-state index in [1.165, 1.54) is 50.9 Å². The van der Waals surface area contributed by atoms with Gasteiger partial charge in [-0.25, -0.2) is 17.5 Å². The second kappa shape index (κ2) is 12.0. The van der Waals surface area contributed by atoms with Crippen molar-refractivity contribution in [3.63, 3.8) is 0 Å². The topological polar surface area (TPSA) is 108 Å². The molecule has 9 nitrogen and oxygen atoms in total. The number of ether oxygens (including phenoxy) is 4. The van der Waals surface area contributed by atoms with Gasteiger partial charge in [0.25, 0.3) is 0 Å². The molecule has 0 spiro atoms. The third kappa shape index (κ3) is 7.33.